The fraction of sp³-hybridized carbons (Fsp3) is 0.588. The number of hydrogen-bond acceptors (Lipinski definition) is 3. The van der Waals surface area contributed by atoms with Gasteiger partial charge in [-0.2, -0.15) is 0 Å². The number of rotatable bonds is 6. The van der Waals surface area contributed by atoms with Crippen LogP contribution in [-0.2, 0) is 11.3 Å². The van der Waals surface area contributed by atoms with Crippen molar-refractivity contribution in [3.05, 3.63) is 34.3 Å². The molecule has 136 valence electrons. The molecule has 1 aliphatic rings. The Bertz CT molecular complexity index is 492. The number of hydrogen-bond donors (Lipinski definition) is 2. The molecule has 0 aliphatic carbocycles. The molecule has 1 fully saturated rings. The normalized spacial score (nSPS) is 17.0. The lowest BCUT2D eigenvalue weighted by molar-refractivity contribution is 0.0211. The second-order valence-electron chi connectivity index (χ2n) is 5.70. The van der Waals surface area contributed by atoms with Crippen molar-refractivity contribution in [1.82, 2.24) is 15.5 Å². The van der Waals surface area contributed by atoms with Gasteiger partial charge in [0.15, 0.2) is 5.96 Å². The van der Waals surface area contributed by atoms with Gasteiger partial charge in [-0.1, -0.05) is 28.1 Å². The molecule has 0 bridgehead atoms. The predicted octanol–water partition coefficient (Wildman–Crippen LogP) is 2.84. The van der Waals surface area contributed by atoms with Gasteiger partial charge >= 0.3 is 0 Å². The zero-order chi connectivity index (χ0) is 16.5. The highest BCUT2D eigenvalue weighted by atomic mass is 127. The number of benzene rings is 1. The molecule has 2 rings (SSSR count). The van der Waals surface area contributed by atoms with Gasteiger partial charge in [-0.05, 0) is 31.5 Å². The van der Waals surface area contributed by atoms with E-state index in [9.17, 15) is 0 Å². The van der Waals surface area contributed by atoms with Crippen molar-refractivity contribution >= 4 is 45.9 Å². The van der Waals surface area contributed by atoms with Crippen LogP contribution in [0, 0.1) is 0 Å². The topological polar surface area (TPSA) is 48.9 Å². The van der Waals surface area contributed by atoms with E-state index >= 15 is 0 Å². The van der Waals surface area contributed by atoms with Crippen LogP contribution in [0.2, 0.25) is 0 Å². The highest BCUT2D eigenvalue weighted by Crippen LogP contribution is 2.11. The van der Waals surface area contributed by atoms with Gasteiger partial charge in [-0.15, -0.1) is 24.0 Å². The first-order valence-corrected chi connectivity index (χ1v) is 9.06. The van der Waals surface area contributed by atoms with E-state index in [-0.39, 0.29) is 24.0 Å². The maximum atomic E-state index is 5.41. The Hall–Kier alpha value is -0.380. The number of morpholine rings is 1. The van der Waals surface area contributed by atoms with E-state index in [0.29, 0.717) is 12.6 Å². The second kappa shape index (κ2) is 12.1. The lowest BCUT2D eigenvalue weighted by atomic mass is 10.2. The van der Waals surface area contributed by atoms with Crippen LogP contribution in [0.25, 0.3) is 0 Å². The Labute approximate surface area is 170 Å². The number of guanidine groups is 1. The molecule has 0 amide bonds. The molecule has 1 atom stereocenters. The summed E-state index contributed by atoms with van der Waals surface area (Å²) in [7, 11) is 0. The van der Waals surface area contributed by atoms with Crippen LogP contribution in [-0.4, -0.2) is 56.3 Å². The summed E-state index contributed by atoms with van der Waals surface area (Å²) < 4.78 is 6.50. The second-order valence-corrected chi connectivity index (χ2v) is 6.62. The minimum atomic E-state index is 0. The van der Waals surface area contributed by atoms with Crippen molar-refractivity contribution in [1.29, 1.82) is 0 Å². The third kappa shape index (κ3) is 7.67. The van der Waals surface area contributed by atoms with Gasteiger partial charge in [0.25, 0.3) is 0 Å². The molecule has 1 aromatic carbocycles. The van der Waals surface area contributed by atoms with Crippen LogP contribution in [0.15, 0.2) is 33.7 Å². The Balaban J connectivity index is 0.00000288. The van der Waals surface area contributed by atoms with Crippen molar-refractivity contribution in [2.45, 2.75) is 26.4 Å². The molecule has 0 aromatic heterocycles. The van der Waals surface area contributed by atoms with E-state index < -0.39 is 0 Å². The van der Waals surface area contributed by atoms with Crippen molar-refractivity contribution in [2.24, 2.45) is 4.99 Å². The zero-order valence-corrected chi connectivity index (χ0v) is 18.3. The van der Waals surface area contributed by atoms with E-state index in [1.54, 1.807) is 0 Å². The van der Waals surface area contributed by atoms with Crippen molar-refractivity contribution in [3.63, 3.8) is 0 Å². The molecule has 0 radical (unpaired) electrons. The fourth-order valence-electron chi connectivity index (χ4n) is 2.49. The molecule has 0 spiro atoms. The van der Waals surface area contributed by atoms with Gasteiger partial charge in [-0.3, -0.25) is 4.90 Å². The Morgan fingerprint density at radius 2 is 1.92 bits per heavy atom. The van der Waals surface area contributed by atoms with E-state index in [4.69, 9.17) is 4.74 Å². The molecule has 1 unspecified atom stereocenters. The van der Waals surface area contributed by atoms with Crippen LogP contribution >= 0.6 is 39.9 Å². The number of halogens is 2. The standard InChI is InChI=1S/C17H27BrN4O.HI/c1-3-19-17(21-13-15-4-6-16(18)7-5-15)20-12-14(2)22-8-10-23-11-9-22;/h4-7,14H,3,8-13H2,1-2H3,(H2,19,20,21);1H. The molecular formula is C17H28BrIN4O. The van der Waals surface area contributed by atoms with E-state index in [1.165, 1.54) is 5.56 Å². The molecule has 1 aliphatic heterocycles. The van der Waals surface area contributed by atoms with Gasteiger partial charge < -0.3 is 15.4 Å². The average Bonchev–Trinajstić information content (AvgIpc) is 2.59. The minimum absolute atomic E-state index is 0. The number of nitrogens with zero attached hydrogens (tertiary/aromatic N) is 2. The van der Waals surface area contributed by atoms with Gasteiger partial charge in [-0.25, -0.2) is 4.99 Å². The van der Waals surface area contributed by atoms with Gasteiger partial charge in [0.1, 0.15) is 0 Å². The fourth-order valence-corrected chi connectivity index (χ4v) is 2.76. The summed E-state index contributed by atoms with van der Waals surface area (Å²) in [6, 6.07) is 8.74. The predicted molar refractivity (Wildman–Crippen MR) is 114 cm³/mol. The first-order chi connectivity index (χ1) is 11.2. The maximum Gasteiger partial charge on any atom is 0.191 e. The Kier molecular flexibility index (Phi) is 10.9. The largest absolute Gasteiger partial charge is 0.379 e. The van der Waals surface area contributed by atoms with Gasteiger partial charge in [0.05, 0.1) is 19.8 Å². The first kappa shape index (κ1) is 21.7. The number of ether oxygens (including phenoxy) is 1. The molecule has 1 saturated heterocycles. The molecule has 7 heteroatoms. The third-order valence-electron chi connectivity index (χ3n) is 3.91. The summed E-state index contributed by atoms with van der Waals surface area (Å²) in [6.07, 6.45) is 0. The van der Waals surface area contributed by atoms with Crippen LogP contribution in [0.1, 0.15) is 19.4 Å². The Morgan fingerprint density at radius 1 is 1.25 bits per heavy atom. The lowest BCUT2D eigenvalue weighted by Gasteiger charge is -2.32. The van der Waals surface area contributed by atoms with Crippen molar-refractivity contribution in [3.8, 4) is 0 Å². The summed E-state index contributed by atoms with van der Waals surface area (Å²) >= 11 is 3.45. The highest BCUT2D eigenvalue weighted by Gasteiger charge is 2.16. The number of aliphatic imine (C=N–C) groups is 1. The SMILES string of the molecule is CCNC(=NCc1ccc(Br)cc1)NCC(C)N1CCOCC1.I. The minimum Gasteiger partial charge on any atom is -0.379 e. The smallest absolute Gasteiger partial charge is 0.191 e. The first-order valence-electron chi connectivity index (χ1n) is 8.27. The maximum absolute atomic E-state index is 5.41. The summed E-state index contributed by atoms with van der Waals surface area (Å²) in [6.45, 7) is 10.4. The average molecular weight is 511 g/mol. The van der Waals surface area contributed by atoms with Crippen LogP contribution < -0.4 is 10.6 Å². The van der Waals surface area contributed by atoms with Crippen LogP contribution in [0.5, 0.6) is 0 Å². The van der Waals surface area contributed by atoms with Crippen molar-refractivity contribution < 1.29 is 4.74 Å². The molecular weight excluding hydrogens is 483 g/mol. The van der Waals surface area contributed by atoms with E-state index in [0.717, 1.165) is 49.8 Å². The van der Waals surface area contributed by atoms with Gasteiger partial charge in [0, 0.05) is 36.7 Å². The highest BCUT2D eigenvalue weighted by molar-refractivity contribution is 14.0. The lowest BCUT2D eigenvalue weighted by Crippen LogP contribution is -2.49. The summed E-state index contributed by atoms with van der Waals surface area (Å²) in [5.74, 6) is 0.871. The van der Waals surface area contributed by atoms with E-state index in [2.05, 4.69) is 62.4 Å². The van der Waals surface area contributed by atoms with Crippen LogP contribution in [0.4, 0.5) is 0 Å². The van der Waals surface area contributed by atoms with E-state index in [1.807, 2.05) is 12.1 Å². The van der Waals surface area contributed by atoms with Crippen molar-refractivity contribution in [2.75, 3.05) is 39.4 Å². The summed E-state index contributed by atoms with van der Waals surface area (Å²) in [5, 5.41) is 6.76. The van der Waals surface area contributed by atoms with Crippen LogP contribution in [0.3, 0.4) is 0 Å². The van der Waals surface area contributed by atoms with Gasteiger partial charge in [0.2, 0.25) is 0 Å². The molecule has 2 N–H and O–H groups in total. The third-order valence-corrected chi connectivity index (χ3v) is 4.44. The molecule has 1 aromatic rings. The zero-order valence-electron chi connectivity index (χ0n) is 14.4. The monoisotopic (exact) mass is 510 g/mol. The molecule has 0 saturated carbocycles. The number of nitrogens with one attached hydrogen (secondary N) is 2. The summed E-state index contributed by atoms with van der Waals surface area (Å²) in [4.78, 5) is 7.12. The molecule has 5 nitrogen and oxygen atoms in total. The Morgan fingerprint density at radius 3 is 2.54 bits per heavy atom. The summed E-state index contributed by atoms with van der Waals surface area (Å²) in [5.41, 5.74) is 1.20. The molecule has 24 heavy (non-hydrogen) atoms. The molecule has 1 heterocycles. The quantitative estimate of drug-likeness (QED) is 0.351.